The summed E-state index contributed by atoms with van der Waals surface area (Å²) in [6.45, 7) is 5.41. The number of nitrogens with one attached hydrogen (secondary N) is 1. The topological polar surface area (TPSA) is 24.5 Å². The molecule has 0 aromatic heterocycles. The molecule has 1 aromatic carbocycles. The van der Waals surface area contributed by atoms with E-state index in [1.54, 1.807) is 7.11 Å². The SMILES string of the molecule is COc1cc(Br)cc(CN2CCNCC2)c1. The van der Waals surface area contributed by atoms with Crippen LogP contribution < -0.4 is 10.1 Å². The van der Waals surface area contributed by atoms with Gasteiger partial charge in [0.1, 0.15) is 5.75 Å². The maximum absolute atomic E-state index is 5.26. The number of hydrogen-bond acceptors (Lipinski definition) is 3. The second kappa shape index (κ2) is 5.66. The fraction of sp³-hybridized carbons (Fsp3) is 0.500. The summed E-state index contributed by atoms with van der Waals surface area (Å²) in [4.78, 5) is 2.46. The van der Waals surface area contributed by atoms with E-state index in [4.69, 9.17) is 4.74 Å². The standard InChI is InChI=1S/C12H17BrN2O/c1-16-12-7-10(6-11(13)8-12)9-15-4-2-14-3-5-15/h6-8,14H,2-5,9H2,1H3. The molecule has 2 rings (SSSR count). The lowest BCUT2D eigenvalue weighted by atomic mass is 10.2. The fourth-order valence-electron chi connectivity index (χ4n) is 1.96. The maximum atomic E-state index is 5.26. The molecule has 0 bridgehead atoms. The molecular formula is C12H17BrN2O. The van der Waals surface area contributed by atoms with Crippen molar-refractivity contribution in [2.24, 2.45) is 0 Å². The van der Waals surface area contributed by atoms with Gasteiger partial charge < -0.3 is 10.1 Å². The number of piperazine rings is 1. The lowest BCUT2D eigenvalue weighted by molar-refractivity contribution is 0.233. The molecule has 88 valence electrons. The number of methoxy groups -OCH3 is 1. The summed E-state index contributed by atoms with van der Waals surface area (Å²) >= 11 is 3.51. The first-order valence-electron chi connectivity index (χ1n) is 5.54. The Balaban J connectivity index is 2.04. The van der Waals surface area contributed by atoms with Crippen molar-refractivity contribution in [2.75, 3.05) is 33.3 Å². The molecule has 1 aliphatic heterocycles. The quantitative estimate of drug-likeness (QED) is 0.917. The summed E-state index contributed by atoms with van der Waals surface area (Å²) in [5, 5.41) is 3.36. The van der Waals surface area contributed by atoms with Gasteiger partial charge in [-0.05, 0) is 23.8 Å². The van der Waals surface area contributed by atoms with Crippen LogP contribution in [0.1, 0.15) is 5.56 Å². The van der Waals surface area contributed by atoms with Crippen molar-refractivity contribution in [2.45, 2.75) is 6.54 Å². The van der Waals surface area contributed by atoms with Gasteiger partial charge in [0, 0.05) is 37.2 Å². The predicted octanol–water partition coefficient (Wildman–Crippen LogP) is 1.86. The van der Waals surface area contributed by atoms with E-state index in [0.717, 1.165) is 42.9 Å². The van der Waals surface area contributed by atoms with Gasteiger partial charge in [-0.15, -0.1) is 0 Å². The average Bonchev–Trinajstić information content (AvgIpc) is 2.29. The Morgan fingerprint density at radius 3 is 2.75 bits per heavy atom. The molecule has 0 saturated carbocycles. The highest BCUT2D eigenvalue weighted by Gasteiger charge is 2.10. The van der Waals surface area contributed by atoms with E-state index in [0.29, 0.717) is 0 Å². The van der Waals surface area contributed by atoms with Crippen LogP contribution in [0.25, 0.3) is 0 Å². The average molecular weight is 285 g/mol. The predicted molar refractivity (Wildman–Crippen MR) is 68.8 cm³/mol. The number of nitrogens with zero attached hydrogens (tertiary/aromatic N) is 1. The number of ether oxygens (including phenoxy) is 1. The number of hydrogen-bond donors (Lipinski definition) is 1. The van der Waals surface area contributed by atoms with Gasteiger partial charge in [-0.3, -0.25) is 4.90 Å². The number of halogens is 1. The van der Waals surface area contributed by atoms with Crippen LogP contribution in [-0.2, 0) is 6.54 Å². The minimum absolute atomic E-state index is 0.916. The smallest absolute Gasteiger partial charge is 0.120 e. The van der Waals surface area contributed by atoms with E-state index < -0.39 is 0 Å². The molecule has 4 heteroatoms. The minimum atomic E-state index is 0.916. The molecule has 0 atom stereocenters. The molecule has 0 aliphatic carbocycles. The van der Waals surface area contributed by atoms with Crippen molar-refractivity contribution in [3.05, 3.63) is 28.2 Å². The third kappa shape index (κ3) is 3.20. The normalized spacial score (nSPS) is 17.4. The summed E-state index contributed by atoms with van der Waals surface area (Å²) < 4.78 is 6.34. The summed E-state index contributed by atoms with van der Waals surface area (Å²) in [5.74, 6) is 0.916. The van der Waals surface area contributed by atoms with Crippen LogP contribution in [0.2, 0.25) is 0 Å². The molecule has 0 unspecified atom stereocenters. The molecule has 3 nitrogen and oxygen atoms in total. The molecule has 1 heterocycles. The summed E-state index contributed by atoms with van der Waals surface area (Å²) in [6.07, 6.45) is 0. The van der Waals surface area contributed by atoms with E-state index in [1.807, 2.05) is 6.07 Å². The first-order valence-corrected chi connectivity index (χ1v) is 6.34. The fourth-order valence-corrected chi connectivity index (χ4v) is 2.48. The van der Waals surface area contributed by atoms with Crippen LogP contribution in [-0.4, -0.2) is 38.2 Å². The van der Waals surface area contributed by atoms with E-state index in [2.05, 4.69) is 38.3 Å². The molecule has 1 fully saturated rings. The molecule has 1 aliphatic rings. The van der Waals surface area contributed by atoms with Crippen molar-refractivity contribution in [1.29, 1.82) is 0 Å². The van der Waals surface area contributed by atoms with Gasteiger partial charge in [-0.1, -0.05) is 15.9 Å². The lowest BCUT2D eigenvalue weighted by Crippen LogP contribution is -2.42. The van der Waals surface area contributed by atoms with E-state index in [9.17, 15) is 0 Å². The lowest BCUT2D eigenvalue weighted by Gasteiger charge is -2.27. The van der Waals surface area contributed by atoms with Gasteiger partial charge in [-0.25, -0.2) is 0 Å². The molecular weight excluding hydrogens is 268 g/mol. The monoisotopic (exact) mass is 284 g/mol. The first-order chi connectivity index (χ1) is 7.78. The van der Waals surface area contributed by atoms with Gasteiger partial charge in [0.05, 0.1) is 7.11 Å². The van der Waals surface area contributed by atoms with Crippen molar-refractivity contribution in [3.63, 3.8) is 0 Å². The van der Waals surface area contributed by atoms with Crippen LogP contribution in [0.5, 0.6) is 5.75 Å². The largest absolute Gasteiger partial charge is 0.497 e. The highest BCUT2D eigenvalue weighted by Crippen LogP contribution is 2.22. The highest BCUT2D eigenvalue weighted by atomic mass is 79.9. The first kappa shape index (κ1) is 11.9. The van der Waals surface area contributed by atoms with Crippen molar-refractivity contribution in [1.82, 2.24) is 10.2 Å². The van der Waals surface area contributed by atoms with Gasteiger partial charge >= 0.3 is 0 Å². The third-order valence-electron chi connectivity index (χ3n) is 2.78. The number of benzene rings is 1. The van der Waals surface area contributed by atoms with Gasteiger partial charge in [0.15, 0.2) is 0 Å². The van der Waals surface area contributed by atoms with Crippen LogP contribution in [0.3, 0.4) is 0 Å². The zero-order chi connectivity index (χ0) is 11.4. The van der Waals surface area contributed by atoms with Gasteiger partial charge in [0.25, 0.3) is 0 Å². The Labute approximate surface area is 105 Å². The molecule has 0 amide bonds. The molecule has 1 saturated heterocycles. The van der Waals surface area contributed by atoms with Crippen molar-refractivity contribution in [3.8, 4) is 5.75 Å². The Bertz CT molecular complexity index is 351. The van der Waals surface area contributed by atoms with E-state index in [1.165, 1.54) is 5.56 Å². The van der Waals surface area contributed by atoms with Crippen molar-refractivity contribution < 1.29 is 4.74 Å². The Morgan fingerprint density at radius 1 is 1.31 bits per heavy atom. The van der Waals surface area contributed by atoms with Gasteiger partial charge in [0.2, 0.25) is 0 Å². The van der Waals surface area contributed by atoms with Crippen LogP contribution in [0.4, 0.5) is 0 Å². The minimum Gasteiger partial charge on any atom is -0.497 e. The summed E-state index contributed by atoms with van der Waals surface area (Å²) in [6, 6.07) is 6.25. The highest BCUT2D eigenvalue weighted by molar-refractivity contribution is 9.10. The molecule has 1 aromatic rings. The second-order valence-corrected chi connectivity index (χ2v) is 4.94. The zero-order valence-corrected chi connectivity index (χ0v) is 11.1. The Kier molecular flexibility index (Phi) is 4.21. The van der Waals surface area contributed by atoms with Crippen LogP contribution >= 0.6 is 15.9 Å². The molecule has 0 radical (unpaired) electrons. The zero-order valence-electron chi connectivity index (χ0n) is 9.50. The maximum Gasteiger partial charge on any atom is 0.120 e. The van der Waals surface area contributed by atoms with Gasteiger partial charge in [-0.2, -0.15) is 0 Å². The summed E-state index contributed by atoms with van der Waals surface area (Å²) in [5.41, 5.74) is 1.30. The van der Waals surface area contributed by atoms with E-state index >= 15 is 0 Å². The molecule has 0 spiro atoms. The van der Waals surface area contributed by atoms with Crippen LogP contribution in [0.15, 0.2) is 22.7 Å². The number of rotatable bonds is 3. The molecule has 1 N–H and O–H groups in total. The van der Waals surface area contributed by atoms with E-state index in [-0.39, 0.29) is 0 Å². The van der Waals surface area contributed by atoms with Crippen molar-refractivity contribution >= 4 is 15.9 Å². The molecule has 16 heavy (non-hydrogen) atoms. The second-order valence-electron chi connectivity index (χ2n) is 4.03. The third-order valence-corrected chi connectivity index (χ3v) is 3.24. The summed E-state index contributed by atoms with van der Waals surface area (Å²) in [7, 11) is 1.70. The Hall–Kier alpha value is -0.580. The Morgan fingerprint density at radius 2 is 2.06 bits per heavy atom. The van der Waals surface area contributed by atoms with Crippen LogP contribution in [0, 0.1) is 0 Å².